The van der Waals surface area contributed by atoms with Crippen molar-refractivity contribution in [1.82, 2.24) is 19.6 Å². The van der Waals surface area contributed by atoms with Gasteiger partial charge in [0.05, 0.1) is 4.90 Å². The molecule has 0 radical (unpaired) electrons. The molecule has 4 aromatic rings. The Kier molecular flexibility index (Phi) is 4.63. The van der Waals surface area contributed by atoms with Crippen LogP contribution in [0.3, 0.4) is 0 Å². The summed E-state index contributed by atoms with van der Waals surface area (Å²) in [5, 5.41) is 7.51. The van der Waals surface area contributed by atoms with Gasteiger partial charge in [0, 0.05) is 23.1 Å². The van der Waals surface area contributed by atoms with Gasteiger partial charge in [0.25, 0.3) is 15.8 Å². The van der Waals surface area contributed by atoms with Crippen molar-refractivity contribution in [3.63, 3.8) is 0 Å². The number of sulfonamides is 1. The summed E-state index contributed by atoms with van der Waals surface area (Å²) in [6.45, 7) is 3.63. The van der Waals surface area contributed by atoms with Crippen LogP contribution in [0.5, 0.6) is 0 Å². The van der Waals surface area contributed by atoms with Crippen LogP contribution in [0.1, 0.15) is 11.5 Å². The number of fused-ring (bicyclic) bond motifs is 1. The fourth-order valence-corrected chi connectivity index (χ4v) is 3.83. The van der Waals surface area contributed by atoms with Crippen LogP contribution in [0, 0.1) is 19.7 Å². The quantitative estimate of drug-likeness (QED) is 0.521. The van der Waals surface area contributed by atoms with Crippen molar-refractivity contribution >= 4 is 33.0 Å². The monoisotopic (exact) mass is 412 g/mol. The molecular weight excluding hydrogens is 395 g/mol. The predicted molar refractivity (Wildman–Crippen MR) is 107 cm³/mol. The second-order valence-corrected chi connectivity index (χ2v) is 8.10. The lowest BCUT2D eigenvalue weighted by Gasteiger charge is -2.11. The molecular formula is C19H17FN6O2S. The smallest absolute Gasteiger partial charge is 0.261 e. The first-order valence-corrected chi connectivity index (χ1v) is 10.1. The fourth-order valence-electron chi connectivity index (χ4n) is 2.77. The Labute approximate surface area is 166 Å². The highest BCUT2D eigenvalue weighted by atomic mass is 32.2. The van der Waals surface area contributed by atoms with Gasteiger partial charge in [-0.2, -0.15) is 9.50 Å². The Balaban J connectivity index is 1.57. The van der Waals surface area contributed by atoms with Crippen molar-refractivity contribution in [2.75, 3.05) is 10.0 Å². The molecule has 8 nitrogen and oxygen atoms in total. The van der Waals surface area contributed by atoms with Crippen molar-refractivity contribution in [3.8, 4) is 0 Å². The topological polar surface area (TPSA) is 101 Å². The summed E-state index contributed by atoms with van der Waals surface area (Å²) in [5.41, 5.74) is 1.73. The van der Waals surface area contributed by atoms with Crippen molar-refractivity contribution in [1.29, 1.82) is 0 Å². The van der Waals surface area contributed by atoms with Crippen LogP contribution in [0.25, 0.3) is 5.78 Å². The number of hydrogen-bond acceptors (Lipinski definition) is 6. The molecule has 10 heteroatoms. The molecule has 0 fully saturated rings. The Bertz CT molecular complexity index is 1290. The van der Waals surface area contributed by atoms with E-state index < -0.39 is 15.8 Å². The molecule has 2 aromatic heterocycles. The lowest BCUT2D eigenvalue weighted by atomic mass is 10.3. The Morgan fingerprint density at radius 2 is 1.59 bits per heavy atom. The average Bonchev–Trinajstić information content (AvgIpc) is 3.04. The van der Waals surface area contributed by atoms with E-state index in [4.69, 9.17) is 0 Å². The summed E-state index contributed by atoms with van der Waals surface area (Å²) in [4.78, 5) is 8.67. The maximum atomic E-state index is 13.0. The number of anilines is 3. The molecule has 0 spiro atoms. The molecule has 2 N–H and O–H groups in total. The maximum Gasteiger partial charge on any atom is 0.261 e. The minimum Gasteiger partial charge on any atom is -0.340 e. The van der Waals surface area contributed by atoms with E-state index in [2.05, 4.69) is 25.1 Å². The zero-order valence-corrected chi connectivity index (χ0v) is 16.4. The third-order valence-corrected chi connectivity index (χ3v) is 5.48. The minimum absolute atomic E-state index is 0.0834. The van der Waals surface area contributed by atoms with Gasteiger partial charge in [-0.15, -0.1) is 5.10 Å². The molecule has 0 amide bonds. The zero-order valence-electron chi connectivity index (χ0n) is 15.6. The minimum atomic E-state index is -3.79. The Morgan fingerprint density at radius 3 is 2.28 bits per heavy atom. The molecule has 4 rings (SSSR count). The van der Waals surface area contributed by atoms with Gasteiger partial charge in [-0.25, -0.2) is 17.8 Å². The van der Waals surface area contributed by atoms with Crippen LogP contribution in [-0.4, -0.2) is 28.0 Å². The van der Waals surface area contributed by atoms with Gasteiger partial charge in [-0.3, -0.25) is 4.72 Å². The SMILES string of the molecule is Cc1cc(Nc2ccc(S(=O)(=O)Nc3ccc(F)cc3)cc2)n2nc(C)nc2n1. The van der Waals surface area contributed by atoms with Gasteiger partial charge in [-0.05, 0) is 62.4 Å². The highest BCUT2D eigenvalue weighted by Crippen LogP contribution is 2.22. The van der Waals surface area contributed by atoms with Crippen molar-refractivity contribution < 1.29 is 12.8 Å². The molecule has 0 aliphatic rings. The van der Waals surface area contributed by atoms with Crippen molar-refractivity contribution in [2.24, 2.45) is 0 Å². The molecule has 0 atom stereocenters. The molecule has 0 saturated carbocycles. The highest BCUT2D eigenvalue weighted by molar-refractivity contribution is 7.92. The molecule has 29 heavy (non-hydrogen) atoms. The summed E-state index contributed by atoms with van der Waals surface area (Å²) in [7, 11) is -3.79. The Hall–Kier alpha value is -3.53. The van der Waals surface area contributed by atoms with Gasteiger partial charge in [0.2, 0.25) is 0 Å². The van der Waals surface area contributed by atoms with Crippen LogP contribution in [0.15, 0.2) is 59.5 Å². The fraction of sp³-hybridized carbons (Fsp3) is 0.105. The number of rotatable bonds is 5. The highest BCUT2D eigenvalue weighted by Gasteiger charge is 2.15. The summed E-state index contributed by atoms with van der Waals surface area (Å²) in [5.74, 6) is 1.30. The zero-order chi connectivity index (χ0) is 20.6. The third kappa shape index (κ3) is 4.02. The van der Waals surface area contributed by atoms with Crippen LogP contribution in [0.2, 0.25) is 0 Å². The van der Waals surface area contributed by atoms with E-state index in [0.29, 0.717) is 23.1 Å². The first kappa shape index (κ1) is 18.8. The van der Waals surface area contributed by atoms with E-state index in [1.165, 1.54) is 36.4 Å². The van der Waals surface area contributed by atoms with E-state index in [1.807, 2.05) is 13.0 Å². The summed E-state index contributed by atoms with van der Waals surface area (Å²) in [6.07, 6.45) is 0. The molecule has 2 aromatic carbocycles. The standard InChI is InChI=1S/C19H17FN6O2S/c1-12-11-18(26-19(21-12)22-13(2)24-26)23-15-7-9-17(10-8-15)29(27,28)25-16-5-3-14(20)4-6-16/h3-11,23,25H,1-2H3. The molecule has 0 aliphatic carbocycles. The number of nitrogens with zero attached hydrogens (tertiary/aromatic N) is 4. The number of halogens is 1. The molecule has 0 unspecified atom stereocenters. The number of nitrogens with one attached hydrogen (secondary N) is 2. The number of benzene rings is 2. The van der Waals surface area contributed by atoms with Gasteiger partial charge in [0.15, 0.2) is 0 Å². The van der Waals surface area contributed by atoms with E-state index in [9.17, 15) is 12.8 Å². The van der Waals surface area contributed by atoms with Crippen LogP contribution >= 0.6 is 0 Å². The van der Waals surface area contributed by atoms with Crippen LogP contribution in [-0.2, 0) is 10.0 Å². The molecule has 2 heterocycles. The third-order valence-electron chi connectivity index (χ3n) is 4.08. The number of aromatic nitrogens is 4. The lowest BCUT2D eigenvalue weighted by Crippen LogP contribution is -2.13. The van der Waals surface area contributed by atoms with Gasteiger partial charge >= 0.3 is 0 Å². The lowest BCUT2D eigenvalue weighted by molar-refractivity contribution is 0.601. The normalized spacial score (nSPS) is 11.6. The van der Waals surface area contributed by atoms with E-state index in [0.717, 1.165) is 5.69 Å². The van der Waals surface area contributed by atoms with E-state index in [-0.39, 0.29) is 10.6 Å². The van der Waals surface area contributed by atoms with Crippen molar-refractivity contribution in [2.45, 2.75) is 18.7 Å². The first-order valence-electron chi connectivity index (χ1n) is 8.67. The second kappa shape index (κ2) is 7.13. The molecule has 148 valence electrons. The summed E-state index contributed by atoms with van der Waals surface area (Å²) >= 11 is 0. The van der Waals surface area contributed by atoms with E-state index in [1.54, 1.807) is 23.6 Å². The van der Waals surface area contributed by atoms with E-state index >= 15 is 0 Å². The second-order valence-electron chi connectivity index (χ2n) is 6.42. The van der Waals surface area contributed by atoms with Crippen LogP contribution in [0.4, 0.5) is 21.6 Å². The van der Waals surface area contributed by atoms with Gasteiger partial charge in [-0.1, -0.05) is 0 Å². The van der Waals surface area contributed by atoms with Gasteiger partial charge in [0.1, 0.15) is 17.5 Å². The maximum absolute atomic E-state index is 13.0. The van der Waals surface area contributed by atoms with Gasteiger partial charge < -0.3 is 5.32 Å². The van der Waals surface area contributed by atoms with Crippen molar-refractivity contribution in [3.05, 3.63) is 71.9 Å². The summed E-state index contributed by atoms with van der Waals surface area (Å²) < 4.78 is 42.0. The number of aryl methyl sites for hydroxylation is 2. The Morgan fingerprint density at radius 1 is 0.931 bits per heavy atom. The number of hydrogen-bond donors (Lipinski definition) is 2. The largest absolute Gasteiger partial charge is 0.340 e. The summed E-state index contributed by atoms with van der Waals surface area (Å²) in [6, 6.07) is 13.2. The molecule has 0 bridgehead atoms. The first-order chi connectivity index (χ1) is 13.8. The average molecular weight is 412 g/mol. The van der Waals surface area contributed by atoms with Crippen LogP contribution < -0.4 is 10.0 Å². The molecule has 0 saturated heterocycles. The predicted octanol–water partition coefficient (Wildman–Crippen LogP) is 3.42. The molecule has 0 aliphatic heterocycles.